The predicted octanol–water partition coefficient (Wildman–Crippen LogP) is -0.493. The van der Waals surface area contributed by atoms with E-state index in [0.717, 1.165) is 5.56 Å². The number of amides is 1. The summed E-state index contributed by atoms with van der Waals surface area (Å²) in [6, 6.07) is 0. The van der Waals surface area contributed by atoms with Crippen LogP contribution < -0.4 is 11.1 Å². The summed E-state index contributed by atoms with van der Waals surface area (Å²) in [6.45, 7) is 1.15. The Bertz CT molecular complexity index is 452. The summed E-state index contributed by atoms with van der Waals surface area (Å²) in [4.78, 5) is 11.6. The first-order valence-electron chi connectivity index (χ1n) is 5.17. The monoisotopic (exact) mass is 238 g/mol. The maximum atomic E-state index is 11.6. The van der Waals surface area contributed by atoms with Gasteiger partial charge in [0.15, 0.2) is 0 Å². The molecule has 0 unspecified atom stereocenters. The van der Waals surface area contributed by atoms with Crippen LogP contribution in [0, 0.1) is 0 Å². The molecular formula is C10H14N4O3. The van der Waals surface area contributed by atoms with Crippen LogP contribution in [0.4, 0.5) is 5.82 Å². The van der Waals surface area contributed by atoms with Gasteiger partial charge >= 0.3 is 0 Å². The Kier molecular flexibility index (Phi) is 3.17. The normalized spacial score (nSPS) is 14.5. The lowest BCUT2D eigenvalue weighted by molar-refractivity contribution is -0.122. The van der Waals surface area contributed by atoms with E-state index in [-0.39, 0.29) is 11.7 Å². The van der Waals surface area contributed by atoms with Crippen molar-refractivity contribution in [3.8, 4) is 0 Å². The van der Waals surface area contributed by atoms with Gasteiger partial charge in [-0.1, -0.05) is 0 Å². The number of nitrogens with zero attached hydrogens (tertiary/aromatic N) is 2. The Morgan fingerprint density at radius 2 is 2.47 bits per heavy atom. The van der Waals surface area contributed by atoms with Crippen LogP contribution in [-0.4, -0.2) is 28.9 Å². The largest absolute Gasteiger partial charge is 0.494 e. The lowest BCUT2D eigenvalue weighted by atomic mass is 10.3. The van der Waals surface area contributed by atoms with Crippen LogP contribution in [0.5, 0.6) is 0 Å². The molecule has 7 heteroatoms. The summed E-state index contributed by atoms with van der Waals surface area (Å²) in [7, 11) is 1.74. The first kappa shape index (κ1) is 11.3. The molecule has 0 aliphatic carbocycles. The molecule has 92 valence electrons. The summed E-state index contributed by atoms with van der Waals surface area (Å²) in [5, 5.41) is 6.65. The first-order valence-corrected chi connectivity index (χ1v) is 5.17. The van der Waals surface area contributed by atoms with Crippen molar-refractivity contribution in [3.05, 3.63) is 23.8 Å². The maximum Gasteiger partial charge on any atom is 0.289 e. The number of anilines is 1. The van der Waals surface area contributed by atoms with Crippen molar-refractivity contribution in [2.45, 2.75) is 6.54 Å². The minimum atomic E-state index is -0.326. The van der Waals surface area contributed by atoms with E-state index < -0.39 is 0 Å². The third kappa shape index (κ3) is 2.49. The molecule has 0 fully saturated rings. The van der Waals surface area contributed by atoms with E-state index in [2.05, 4.69) is 10.4 Å². The quantitative estimate of drug-likeness (QED) is 0.741. The number of hydrogen-bond donors (Lipinski definition) is 2. The predicted molar refractivity (Wildman–Crippen MR) is 59.5 cm³/mol. The standard InChI is InChI=1S/C10H14N4O3/c1-14-9(11)7(5-13-14)4-12-10(15)8-6-16-2-3-17-8/h5-6H,2-4,11H2,1H3,(H,12,15). The maximum absolute atomic E-state index is 11.6. The number of hydrogen-bond acceptors (Lipinski definition) is 5. The van der Waals surface area contributed by atoms with Crippen molar-refractivity contribution in [1.82, 2.24) is 15.1 Å². The number of carbonyl (C=O) groups is 1. The van der Waals surface area contributed by atoms with E-state index >= 15 is 0 Å². The fourth-order valence-electron chi connectivity index (χ4n) is 1.38. The molecule has 1 amide bonds. The molecule has 0 saturated carbocycles. The Morgan fingerprint density at radius 1 is 1.65 bits per heavy atom. The van der Waals surface area contributed by atoms with E-state index in [9.17, 15) is 4.79 Å². The third-order valence-corrected chi connectivity index (χ3v) is 2.38. The smallest absolute Gasteiger partial charge is 0.289 e. The molecule has 3 N–H and O–H groups in total. The molecule has 1 aliphatic heterocycles. The van der Waals surface area contributed by atoms with Gasteiger partial charge in [-0.05, 0) is 0 Å². The van der Waals surface area contributed by atoms with Gasteiger partial charge in [0, 0.05) is 19.2 Å². The van der Waals surface area contributed by atoms with Crippen LogP contribution in [-0.2, 0) is 27.9 Å². The van der Waals surface area contributed by atoms with Gasteiger partial charge in [0.25, 0.3) is 5.91 Å². The van der Waals surface area contributed by atoms with E-state index in [1.165, 1.54) is 6.26 Å². The summed E-state index contributed by atoms with van der Waals surface area (Å²) in [5.74, 6) is 0.381. The molecule has 0 aromatic carbocycles. The highest BCUT2D eigenvalue weighted by Gasteiger charge is 2.15. The van der Waals surface area contributed by atoms with Crippen LogP contribution in [0.2, 0.25) is 0 Å². The van der Waals surface area contributed by atoms with Gasteiger partial charge in [-0.15, -0.1) is 0 Å². The Morgan fingerprint density at radius 3 is 3.06 bits per heavy atom. The molecule has 1 aliphatic rings. The molecule has 0 bridgehead atoms. The number of rotatable bonds is 3. The molecule has 0 radical (unpaired) electrons. The highest BCUT2D eigenvalue weighted by Crippen LogP contribution is 2.09. The zero-order valence-corrected chi connectivity index (χ0v) is 9.47. The Balaban J connectivity index is 1.92. The van der Waals surface area contributed by atoms with Gasteiger partial charge in [0.1, 0.15) is 25.3 Å². The number of ether oxygens (including phenoxy) is 2. The molecule has 7 nitrogen and oxygen atoms in total. The summed E-state index contributed by atoms with van der Waals surface area (Å²) in [5.41, 5.74) is 6.51. The SMILES string of the molecule is Cn1ncc(CNC(=O)C2=COCCO2)c1N. The lowest BCUT2D eigenvalue weighted by Crippen LogP contribution is -2.28. The van der Waals surface area contributed by atoms with Crippen LogP contribution >= 0.6 is 0 Å². The number of aromatic nitrogens is 2. The fraction of sp³-hybridized carbons (Fsp3) is 0.400. The van der Waals surface area contributed by atoms with Gasteiger partial charge in [0.2, 0.25) is 5.76 Å². The van der Waals surface area contributed by atoms with E-state index in [1.54, 1.807) is 17.9 Å². The van der Waals surface area contributed by atoms with Crippen molar-refractivity contribution in [2.24, 2.45) is 7.05 Å². The van der Waals surface area contributed by atoms with Gasteiger partial charge in [-0.25, -0.2) is 0 Å². The zero-order valence-electron chi connectivity index (χ0n) is 9.47. The molecule has 0 atom stereocenters. The molecule has 0 spiro atoms. The number of nitrogens with one attached hydrogen (secondary N) is 1. The average molecular weight is 238 g/mol. The highest BCUT2D eigenvalue weighted by atomic mass is 16.6. The molecule has 1 aromatic rings. The van der Waals surface area contributed by atoms with Gasteiger partial charge in [-0.2, -0.15) is 5.10 Å². The fourth-order valence-corrected chi connectivity index (χ4v) is 1.38. The van der Waals surface area contributed by atoms with Crippen molar-refractivity contribution in [2.75, 3.05) is 18.9 Å². The Labute approximate surface area is 98.2 Å². The van der Waals surface area contributed by atoms with Crippen molar-refractivity contribution >= 4 is 11.7 Å². The number of nitrogens with two attached hydrogens (primary N) is 1. The summed E-state index contributed by atoms with van der Waals surface area (Å²) >= 11 is 0. The van der Waals surface area contributed by atoms with Crippen LogP contribution in [0.25, 0.3) is 0 Å². The van der Waals surface area contributed by atoms with Crippen LogP contribution in [0.1, 0.15) is 5.56 Å². The number of aryl methyl sites for hydroxylation is 1. The molecular weight excluding hydrogens is 224 g/mol. The minimum absolute atomic E-state index is 0.179. The summed E-state index contributed by atoms with van der Waals surface area (Å²) in [6.07, 6.45) is 2.92. The van der Waals surface area contributed by atoms with Crippen molar-refractivity contribution in [3.63, 3.8) is 0 Å². The van der Waals surface area contributed by atoms with Crippen LogP contribution in [0.15, 0.2) is 18.2 Å². The lowest BCUT2D eigenvalue weighted by Gasteiger charge is -2.14. The Hall–Kier alpha value is -2.18. The summed E-state index contributed by atoms with van der Waals surface area (Å²) < 4.78 is 11.7. The average Bonchev–Trinajstić information content (AvgIpc) is 2.68. The zero-order chi connectivity index (χ0) is 12.3. The van der Waals surface area contributed by atoms with Crippen molar-refractivity contribution in [1.29, 1.82) is 0 Å². The van der Waals surface area contributed by atoms with E-state index in [0.29, 0.717) is 25.6 Å². The highest BCUT2D eigenvalue weighted by molar-refractivity contribution is 5.91. The topological polar surface area (TPSA) is 91.4 Å². The van der Waals surface area contributed by atoms with Gasteiger partial charge in [-0.3, -0.25) is 9.48 Å². The molecule has 0 saturated heterocycles. The number of nitrogen functional groups attached to an aromatic ring is 1. The van der Waals surface area contributed by atoms with E-state index in [1.807, 2.05) is 0 Å². The second-order valence-electron chi connectivity index (χ2n) is 3.56. The molecule has 2 heterocycles. The first-order chi connectivity index (χ1) is 8.18. The molecule has 2 rings (SSSR count). The second kappa shape index (κ2) is 4.77. The van der Waals surface area contributed by atoms with Gasteiger partial charge < -0.3 is 20.5 Å². The van der Waals surface area contributed by atoms with E-state index in [4.69, 9.17) is 15.2 Å². The third-order valence-electron chi connectivity index (χ3n) is 2.38. The minimum Gasteiger partial charge on any atom is -0.494 e. The van der Waals surface area contributed by atoms with Crippen LogP contribution in [0.3, 0.4) is 0 Å². The molecule has 1 aromatic heterocycles. The van der Waals surface area contributed by atoms with Gasteiger partial charge in [0.05, 0.1) is 6.20 Å². The second-order valence-corrected chi connectivity index (χ2v) is 3.56. The number of carbonyl (C=O) groups excluding carboxylic acids is 1. The molecule has 17 heavy (non-hydrogen) atoms. The van der Waals surface area contributed by atoms with Crippen molar-refractivity contribution < 1.29 is 14.3 Å².